The number of carbonyl (C=O) groups is 1. The molecular weight excluding hydrogens is 537 g/mol. The molecule has 0 radical (unpaired) electrons. The maximum atomic E-state index is 15.2. The molecule has 0 unspecified atom stereocenters. The Kier molecular flexibility index (Phi) is 8.89. The van der Waals surface area contributed by atoms with Crippen LogP contribution in [0.1, 0.15) is 24.6 Å². The van der Waals surface area contributed by atoms with E-state index in [9.17, 15) is 14.3 Å². The van der Waals surface area contributed by atoms with E-state index in [1.807, 2.05) is 11.0 Å². The molecule has 41 heavy (non-hydrogen) atoms. The van der Waals surface area contributed by atoms with Gasteiger partial charge in [-0.3, -0.25) is 9.88 Å². The second-order valence-corrected chi connectivity index (χ2v) is 10.6. The first-order chi connectivity index (χ1) is 19.8. The van der Waals surface area contributed by atoms with Crippen molar-refractivity contribution in [3.05, 3.63) is 71.4 Å². The Morgan fingerprint density at radius 2 is 1.85 bits per heavy atom. The lowest BCUT2D eigenvalue weighted by Gasteiger charge is -2.38. The van der Waals surface area contributed by atoms with Gasteiger partial charge in [-0.05, 0) is 48.2 Å². The molecule has 3 N–H and O–H groups in total. The van der Waals surface area contributed by atoms with Crippen LogP contribution in [0.4, 0.5) is 29.3 Å². The van der Waals surface area contributed by atoms with Crippen molar-refractivity contribution in [1.82, 2.24) is 20.2 Å². The van der Waals surface area contributed by atoms with Gasteiger partial charge in [0.25, 0.3) is 0 Å². The minimum Gasteiger partial charge on any atom is -0.465 e. The molecule has 2 aliphatic heterocycles. The van der Waals surface area contributed by atoms with Gasteiger partial charge in [0.05, 0.1) is 48.6 Å². The molecule has 2 saturated heterocycles. The second kappa shape index (κ2) is 12.7. The Labute approximate surface area is 236 Å². The summed E-state index contributed by atoms with van der Waals surface area (Å²) >= 11 is 0. The van der Waals surface area contributed by atoms with E-state index >= 15 is 8.78 Å². The molecule has 2 aliphatic rings. The summed E-state index contributed by atoms with van der Waals surface area (Å²) < 4.78 is 50.4. The number of amides is 1. The highest BCUT2D eigenvalue weighted by Crippen LogP contribution is 2.31. The number of carboxylic acid groups (broad SMARTS) is 1. The number of rotatable bonds is 8. The molecule has 2 aromatic heterocycles. The number of hydrogen-bond donors (Lipinski definition) is 3. The van der Waals surface area contributed by atoms with Crippen LogP contribution in [0.25, 0.3) is 11.3 Å². The average molecular weight is 571 g/mol. The average Bonchev–Trinajstić information content (AvgIpc) is 2.93. The number of benzene rings is 1. The molecule has 2 atom stereocenters. The molecule has 1 amide bonds. The molecule has 4 heterocycles. The predicted octanol–water partition coefficient (Wildman–Crippen LogP) is 4.49. The minimum atomic E-state index is -1.06. The highest BCUT2D eigenvalue weighted by molar-refractivity contribution is 5.70. The lowest BCUT2D eigenvalue weighted by molar-refractivity contribution is 0.0341. The monoisotopic (exact) mass is 570 g/mol. The molecule has 218 valence electrons. The molecule has 0 aliphatic carbocycles. The van der Waals surface area contributed by atoms with Crippen LogP contribution in [0.5, 0.6) is 0 Å². The molecule has 2 fully saturated rings. The number of ether oxygens (including phenoxy) is 1. The fourth-order valence-corrected chi connectivity index (χ4v) is 5.53. The van der Waals surface area contributed by atoms with Gasteiger partial charge in [0.2, 0.25) is 0 Å². The third-order valence-electron chi connectivity index (χ3n) is 7.34. The summed E-state index contributed by atoms with van der Waals surface area (Å²) in [6, 6.07) is 6.69. The topological polar surface area (TPSA) is 103 Å². The maximum absolute atomic E-state index is 15.2. The zero-order valence-electron chi connectivity index (χ0n) is 22.7. The number of morpholine rings is 1. The molecule has 0 bridgehead atoms. The van der Waals surface area contributed by atoms with Crippen molar-refractivity contribution >= 4 is 17.5 Å². The lowest BCUT2D eigenvalue weighted by atomic mass is 9.95. The van der Waals surface area contributed by atoms with Crippen LogP contribution in [0, 0.1) is 23.4 Å². The minimum absolute atomic E-state index is 0.143. The van der Waals surface area contributed by atoms with E-state index in [0.717, 1.165) is 24.7 Å². The third kappa shape index (κ3) is 7.06. The first-order valence-electron chi connectivity index (χ1n) is 13.6. The summed E-state index contributed by atoms with van der Waals surface area (Å²) in [5.74, 6) is -2.31. The van der Waals surface area contributed by atoms with Gasteiger partial charge in [-0.1, -0.05) is 6.92 Å². The Hall–Kier alpha value is -3.90. The van der Waals surface area contributed by atoms with Crippen LogP contribution < -0.4 is 15.5 Å². The molecule has 3 aromatic rings. The highest BCUT2D eigenvalue weighted by Gasteiger charge is 2.27. The number of nitrogens with zero attached hydrogens (tertiary/aromatic N) is 4. The van der Waals surface area contributed by atoms with Crippen molar-refractivity contribution in [3.8, 4) is 11.3 Å². The Balaban J connectivity index is 1.33. The van der Waals surface area contributed by atoms with E-state index < -0.39 is 34.8 Å². The van der Waals surface area contributed by atoms with Gasteiger partial charge in [-0.15, -0.1) is 0 Å². The van der Waals surface area contributed by atoms with E-state index in [1.54, 1.807) is 12.4 Å². The van der Waals surface area contributed by atoms with Gasteiger partial charge in [-0.2, -0.15) is 0 Å². The van der Waals surface area contributed by atoms with Crippen LogP contribution >= 0.6 is 0 Å². The van der Waals surface area contributed by atoms with E-state index in [4.69, 9.17) is 4.74 Å². The Morgan fingerprint density at radius 3 is 2.59 bits per heavy atom. The fourth-order valence-electron chi connectivity index (χ4n) is 5.53. The van der Waals surface area contributed by atoms with Crippen LogP contribution in [-0.4, -0.2) is 71.5 Å². The van der Waals surface area contributed by atoms with E-state index in [1.165, 1.54) is 18.2 Å². The van der Waals surface area contributed by atoms with Gasteiger partial charge >= 0.3 is 6.09 Å². The molecule has 12 heteroatoms. The summed E-state index contributed by atoms with van der Waals surface area (Å²) in [5.41, 5.74) is 1.45. The van der Waals surface area contributed by atoms with Crippen LogP contribution in [0.15, 0.2) is 42.7 Å². The van der Waals surface area contributed by atoms with Crippen LogP contribution in [0.2, 0.25) is 0 Å². The number of hydrogen-bond acceptors (Lipinski definition) is 7. The molecule has 5 rings (SSSR count). The van der Waals surface area contributed by atoms with E-state index in [2.05, 4.69) is 32.4 Å². The van der Waals surface area contributed by atoms with Gasteiger partial charge in [-0.25, -0.2) is 22.9 Å². The smallest absolute Gasteiger partial charge is 0.404 e. The Morgan fingerprint density at radius 1 is 1.10 bits per heavy atom. The normalized spacial score (nSPS) is 19.7. The summed E-state index contributed by atoms with van der Waals surface area (Å²) in [4.78, 5) is 23.8. The molecule has 1 aromatic carbocycles. The second-order valence-electron chi connectivity index (χ2n) is 10.6. The number of anilines is 2. The van der Waals surface area contributed by atoms with Crippen molar-refractivity contribution in [2.24, 2.45) is 5.92 Å². The first-order valence-corrected chi connectivity index (χ1v) is 13.6. The van der Waals surface area contributed by atoms with Crippen molar-refractivity contribution in [1.29, 1.82) is 0 Å². The zero-order chi connectivity index (χ0) is 28.9. The maximum Gasteiger partial charge on any atom is 0.404 e. The zero-order valence-corrected chi connectivity index (χ0v) is 22.7. The summed E-state index contributed by atoms with van der Waals surface area (Å²) in [5, 5.41) is 15.0. The van der Waals surface area contributed by atoms with Crippen LogP contribution in [0.3, 0.4) is 0 Å². The van der Waals surface area contributed by atoms with Crippen molar-refractivity contribution in [2.75, 3.05) is 49.6 Å². The van der Waals surface area contributed by atoms with E-state index in [0.29, 0.717) is 56.3 Å². The van der Waals surface area contributed by atoms with Crippen molar-refractivity contribution in [2.45, 2.75) is 32.5 Å². The molecule has 9 nitrogen and oxygen atoms in total. The molecule has 0 saturated carbocycles. The summed E-state index contributed by atoms with van der Waals surface area (Å²) in [7, 11) is 0. The highest BCUT2D eigenvalue weighted by atomic mass is 19.1. The van der Waals surface area contributed by atoms with Crippen LogP contribution in [-0.2, 0) is 17.8 Å². The predicted molar refractivity (Wildman–Crippen MR) is 148 cm³/mol. The largest absolute Gasteiger partial charge is 0.465 e. The number of halogens is 3. The lowest BCUT2D eigenvalue weighted by Crippen LogP contribution is -2.50. The number of piperidine rings is 1. The van der Waals surface area contributed by atoms with Crippen molar-refractivity contribution < 1.29 is 27.8 Å². The molecule has 0 spiro atoms. The van der Waals surface area contributed by atoms with Gasteiger partial charge in [0.15, 0.2) is 0 Å². The molecular formula is C29H33F3N6O3. The quantitative estimate of drug-likeness (QED) is 0.364. The van der Waals surface area contributed by atoms with Gasteiger partial charge in [0, 0.05) is 45.0 Å². The number of pyridine rings is 2. The summed E-state index contributed by atoms with van der Waals surface area (Å²) in [6.07, 6.45) is 2.97. The van der Waals surface area contributed by atoms with E-state index in [-0.39, 0.29) is 18.5 Å². The number of aromatic nitrogens is 2. The van der Waals surface area contributed by atoms with Gasteiger partial charge in [0.1, 0.15) is 23.1 Å². The standard InChI is InChI=1S/C29H33F3N6O3/c1-18-10-21(36-29(39)40)17-38(15-18)26-4-5-33-14-25(26)34-13-20-2-3-22(30)28(35-20)27-23(31)11-19(12-24(27)32)16-37-6-8-41-9-7-37/h2-5,11-12,14,18,21,34,36H,6-10,13,15-17H2,1H3,(H,39,40)/t18-,21+/m1/s1. The Bertz CT molecular complexity index is 1360. The van der Waals surface area contributed by atoms with Gasteiger partial charge < -0.3 is 25.4 Å². The number of nitrogens with one attached hydrogen (secondary N) is 2. The summed E-state index contributed by atoms with van der Waals surface area (Å²) in [6.45, 7) is 6.28. The fraction of sp³-hybridized carbons (Fsp3) is 0.414. The SMILES string of the molecule is C[C@@H]1C[C@H](NC(=O)O)CN(c2ccncc2NCc2ccc(F)c(-c3c(F)cc(CN4CCOCC4)cc3F)n2)C1. The van der Waals surface area contributed by atoms with Crippen molar-refractivity contribution in [3.63, 3.8) is 0 Å². The third-order valence-corrected chi connectivity index (χ3v) is 7.34. The first kappa shape index (κ1) is 28.6.